The number of aliphatic carboxylic acids is 1. The molecular weight excluding hydrogens is 255 g/mol. The van der Waals surface area contributed by atoms with Crippen molar-refractivity contribution in [1.29, 1.82) is 0 Å². The van der Waals surface area contributed by atoms with Gasteiger partial charge in [0.1, 0.15) is 0 Å². The van der Waals surface area contributed by atoms with E-state index in [0.717, 1.165) is 12.1 Å². The highest BCUT2D eigenvalue weighted by molar-refractivity contribution is 9.10. The Morgan fingerprint density at radius 3 is 2.71 bits per heavy atom. The van der Waals surface area contributed by atoms with E-state index in [-0.39, 0.29) is 4.47 Å². The van der Waals surface area contributed by atoms with E-state index in [1.807, 2.05) is 0 Å². The summed E-state index contributed by atoms with van der Waals surface area (Å²) in [6.45, 7) is 0. The Balaban J connectivity index is 3.12. The van der Waals surface area contributed by atoms with Crippen molar-refractivity contribution in [3.05, 3.63) is 34.1 Å². The van der Waals surface area contributed by atoms with Crippen LogP contribution in [-0.2, 0) is 4.79 Å². The van der Waals surface area contributed by atoms with Gasteiger partial charge in [-0.2, -0.15) is 0 Å². The lowest BCUT2D eigenvalue weighted by atomic mass is 10.2. The number of hydrogen-bond acceptors (Lipinski definition) is 2. The van der Waals surface area contributed by atoms with Crippen molar-refractivity contribution in [2.24, 2.45) is 0 Å². The molecule has 0 aromatic heterocycles. The summed E-state index contributed by atoms with van der Waals surface area (Å²) in [6, 6.07) is 2.56. The number of hydrogen-bond donors (Lipinski definition) is 2. The molecule has 0 spiro atoms. The van der Waals surface area contributed by atoms with Gasteiger partial charge < -0.3 is 10.2 Å². The summed E-state index contributed by atoms with van der Waals surface area (Å²) >= 11 is 2.90. The zero-order valence-electron chi connectivity index (χ0n) is 6.87. The van der Waals surface area contributed by atoms with Crippen molar-refractivity contribution < 1.29 is 19.4 Å². The second-order valence-electron chi connectivity index (χ2n) is 2.47. The Labute approximate surface area is 87.6 Å². The molecular formula is C9H6BrFO3. The molecule has 0 saturated carbocycles. The molecule has 5 heteroatoms. The minimum atomic E-state index is -1.12. The summed E-state index contributed by atoms with van der Waals surface area (Å²) in [6.07, 6.45) is 2.12. The fourth-order valence-corrected chi connectivity index (χ4v) is 1.31. The van der Waals surface area contributed by atoms with E-state index in [2.05, 4.69) is 15.9 Å². The second-order valence-corrected chi connectivity index (χ2v) is 3.27. The van der Waals surface area contributed by atoms with E-state index in [4.69, 9.17) is 10.2 Å². The minimum Gasteiger partial charge on any atom is -0.505 e. The predicted molar refractivity (Wildman–Crippen MR) is 52.4 cm³/mol. The molecule has 0 atom stereocenters. The van der Waals surface area contributed by atoms with Crippen LogP contribution in [0.4, 0.5) is 4.39 Å². The SMILES string of the molecule is O=C(O)/C=C/c1ccc(O)c(F)c1Br. The van der Waals surface area contributed by atoms with Crippen molar-refractivity contribution in [1.82, 2.24) is 0 Å². The van der Waals surface area contributed by atoms with E-state index in [1.165, 1.54) is 12.1 Å². The molecule has 0 amide bonds. The Hall–Kier alpha value is -1.36. The van der Waals surface area contributed by atoms with Crippen LogP contribution in [0.3, 0.4) is 0 Å². The quantitative estimate of drug-likeness (QED) is 0.803. The molecule has 1 rings (SSSR count). The zero-order chi connectivity index (χ0) is 10.7. The average molecular weight is 261 g/mol. The topological polar surface area (TPSA) is 57.5 Å². The van der Waals surface area contributed by atoms with Crippen molar-refractivity contribution in [2.45, 2.75) is 0 Å². The van der Waals surface area contributed by atoms with Crippen LogP contribution < -0.4 is 0 Å². The number of halogens is 2. The van der Waals surface area contributed by atoms with Gasteiger partial charge in [-0.25, -0.2) is 9.18 Å². The highest BCUT2D eigenvalue weighted by Gasteiger charge is 2.08. The summed E-state index contributed by atoms with van der Waals surface area (Å²) in [7, 11) is 0. The summed E-state index contributed by atoms with van der Waals surface area (Å²) in [5.74, 6) is -2.41. The molecule has 74 valence electrons. The molecule has 0 aliphatic carbocycles. The Bertz CT molecular complexity index is 401. The first-order valence-corrected chi connectivity index (χ1v) is 4.39. The maximum absolute atomic E-state index is 13.0. The lowest BCUT2D eigenvalue weighted by Gasteiger charge is -2.01. The average Bonchev–Trinajstić information content (AvgIpc) is 2.13. The van der Waals surface area contributed by atoms with E-state index < -0.39 is 17.5 Å². The summed E-state index contributed by atoms with van der Waals surface area (Å²) < 4.78 is 13.1. The third kappa shape index (κ3) is 2.32. The Kier molecular flexibility index (Phi) is 3.24. The number of benzene rings is 1. The number of rotatable bonds is 2. The molecule has 0 aliphatic heterocycles. The largest absolute Gasteiger partial charge is 0.505 e. The summed E-state index contributed by atoms with van der Waals surface area (Å²) in [4.78, 5) is 10.2. The molecule has 0 unspecified atom stereocenters. The number of phenols is 1. The zero-order valence-corrected chi connectivity index (χ0v) is 8.45. The summed E-state index contributed by atoms with van der Waals surface area (Å²) in [5.41, 5.74) is 0.350. The third-order valence-electron chi connectivity index (χ3n) is 1.50. The van der Waals surface area contributed by atoms with E-state index in [0.29, 0.717) is 5.56 Å². The second kappa shape index (κ2) is 4.23. The van der Waals surface area contributed by atoms with Gasteiger partial charge in [0.05, 0.1) is 4.47 Å². The molecule has 0 bridgehead atoms. The van der Waals surface area contributed by atoms with Crippen LogP contribution in [0.15, 0.2) is 22.7 Å². The highest BCUT2D eigenvalue weighted by Crippen LogP contribution is 2.28. The maximum Gasteiger partial charge on any atom is 0.328 e. The van der Waals surface area contributed by atoms with Gasteiger partial charge in [0.15, 0.2) is 11.6 Å². The smallest absolute Gasteiger partial charge is 0.328 e. The molecule has 3 nitrogen and oxygen atoms in total. The Morgan fingerprint density at radius 1 is 1.50 bits per heavy atom. The van der Waals surface area contributed by atoms with Crippen molar-refractivity contribution >= 4 is 28.0 Å². The number of carbonyl (C=O) groups is 1. The van der Waals surface area contributed by atoms with Gasteiger partial charge in [0.25, 0.3) is 0 Å². The predicted octanol–water partition coefficient (Wildman–Crippen LogP) is 2.39. The highest BCUT2D eigenvalue weighted by atomic mass is 79.9. The number of carboxylic acid groups (broad SMARTS) is 1. The molecule has 0 heterocycles. The third-order valence-corrected chi connectivity index (χ3v) is 2.30. The molecule has 0 aliphatic rings. The fraction of sp³-hybridized carbons (Fsp3) is 0. The lowest BCUT2D eigenvalue weighted by molar-refractivity contribution is -0.131. The van der Waals surface area contributed by atoms with Crippen LogP contribution in [0.25, 0.3) is 6.08 Å². The van der Waals surface area contributed by atoms with Crippen LogP contribution in [0.1, 0.15) is 5.56 Å². The van der Waals surface area contributed by atoms with Gasteiger partial charge in [-0.05, 0) is 39.7 Å². The van der Waals surface area contributed by atoms with Gasteiger partial charge in [0, 0.05) is 6.08 Å². The van der Waals surface area contributed by atoms with Crippen LogP contribution in [0.5, 0.6) is 5.75 Å². The van der Waals surface area contributed by atoms with Gasteiger partial charge in [0.2, 0.25) is 0 Å². The first-order chi connectivity index (χ1) is 6.52. The van der Waals surface area contributed by atoms with Crippen LogP contribution in [0.2, 0.25) is 0 Å². The van der Waals surface area contributed by atoms with Crippen molar-refractivity contribution in [3.8, 4) is 5.75 Å². The van der Waals surface area contributed by atoms with E-state index >= 15 is 0 Å². The molecule has 2 N–H and O–H groups in total. The molecule has 1 aromatic rings. The number of phenolic OH excluding ortho intramolecular Hbond substituents is 1. The van der Waals surface area contributed by atoms with Crippen molar-refractivity contribution in [3.63, 3.8) is 0 Å². The van der Waals surface area contributed by atoms with E-state index in [1.54, 1.807) is 0 Å². The van der Waals surface area contributed by atoms with Crippen molar-refractivity contribution in [2.75, 3.05) is 0 Å². The van der Waals surface area contributed by atoms with Crippen LogP contribution in [-0.4, -0.2) is 16.2 Å². The van der Waals surface area contributed by atoms with Gasteiger partial charge >= 0.3 is 5.97 Å². The molecule has 0 fully saturated rings. The molecule has 0 radical (unpaired) electrons. The minimum absolute atomic E-state index is 0.0370. The molecule has 0 saturated heterocycles. The first kappa shape index (κ1) is 10.7. The van der Waals surface area contributed by atoms with Gasteiger partial charge in [-0.1, -0.05) is 0 Å². The fourth-order valence-electron chi connectivity index (χ4n) is 0.844. The molecule has 1 aromatic carbocycles. The monoisotopic (exact) mass is 260 g/mol. The standard InChI is InChI=1S/C9H6BrFO3/c10-8-5(2-4-7(13)14)1-3-6(12)9(8)11/h1-4,12H,(H,13,14)/b4-2+. The maximum atomic E-state index is 13.0. The van der Waals surface area contributed by atoms with Crippen LogP contribution in [0, 0.1) is 5.82 Å². The van der Waals surface area contributed by atoms with Gasteiger partial charge in [-0.3, -0.25) is 0 Å². The number of carboxylic acids is 1. The van der Waals surface area contributed by atoms with E-state index in [9.17, 15) is 9.18 Å². The Morgan fingerprint density at radius 2 is 2.14 bits per heavy atom. The number of aromatic hydroxyl groups is 1. The first-order valence-electron chi connectivity index (χ1n) is 3.60. The molecule has 14 heavy (non-hydrogen) atoms. The summed E-state index contributed by atoms with van der Waals surface area (Å²) in [5, 5.41) is 17.3. The van der Waals surface area contributed by atoms with Gasteiger partial charge in [-0.15, -0.1) is 0 Å². The lowest BCUT2D eigenvalue weighted by Crippen LogP contribution is -1.87. The van der Waals surface area contributed by atoms with Crippen LogP contribution >= 0.6 is 15.9 Å². The normalized spacial score (nSPS) is 10.7.